The first-order valence-electron chi connectivity index (χ1n) is 7.90. The molecule has 0 spiro atoms. The smallest absolute Gasteiger partial charge is 0.164 e. The van der Waals surface area contributed by atoms with Crippen LogP contribution in [0, 0.1) is 0 Å². The Morgan fingerprint density at radius 3 is 2.65 bits per heavy atom. The number of aromatic nitrogens is 4. The van der Waals surface area contributed by atoms with E-state index in [1.807, 2.05) is 30.6 Å². The third-order valence-electron chi connectivity index (χ3n) is 4.20. The van der Waals surface area contributed by atoms with Crippen molar-refractivity contribution in [1.82, 2.24) is 19.5 Å². The van der Waals surface area contributed by atoms with Crippen molar-refractivity contribution >= 4 is 23.3 Å². The first kappa shape index (κ1) is 14.1. The summed E-state index contributed by atoms with van der Waals surface area (Å²) in [5.74, 6) is 0. The van der Waals surface area contributed by atoms with Gasteiger partial charge >= 0.3 is 0 Å². The molecule has 0 unspecified atom stereocenters. The molecule has 0 atom stereocenters. The lowest BCUT2D eigenvalue weighted by molar-refractivity contribution is 0.0704. The Kier molecular flexibility index (Phi) is 3.86. The minimum atomic E-state index is 0.412. The number of imidazole rings is 1. The third kappa shape index (κ3) is 2.87. The molecule has 1 aliphatic rings. The van der Waals surface area contributed by atoms with Crippen molar-refractivity contribution in [1.29, 1.82) is 0 Å². The summed E-state index contributed by atoms with van der Waals surface area (Å²) in [7, 11) is 0. The van der Waals surface area contributed by atoms with Crippen molar-refractivity contribution in [2.75, 3.05) is 13.2 Å². The van der Waals surface area contributed by atoms with E-state index in [4.69, 9.17) is 4.74 Å². The van der Waals surface area contributed by atoms with Crippen LogP contribution in [0.1, 0.15) is 30.1 Å². The summed E-state index contributed by atoms with van der Waals surface area (Å²) < 4.78 is 7.61. The molecule has 0 N–H and O–H groups in total. The average Bonchev–Trinajstić information content (AvgIpc) is 3.06. The van der Waals surface area contributed by atoms with Crippen LogP contribution < -0.4 is 0 Å². The van der Waals surface area contributed by atoms with Gasteiger partial charge in [0.25, 0.3) is 0 Å². The van der Waals surface area contributed by atoms with Crippen LogP contribution in [0.4, 0.5) is 0 Å². The monoisotopic (exact) mass is 306 g/mol. The lowest BCUT2D eigenvalue weighted by Crippen LogP contribution is -2.19. The van der Waals surface area contributed by atoms with Crippen LogP contribution in [0.5, 0.6) is 0 Å². The van der Waals surface area contributed by atoms with E-state index in [2.05, 4.69) is 37.7 Å². The molecule has 5 nitrogen and oxygen atoms in total. The topological polar surface area (TPSA) is 52.8 Å². The van der Waals surface area contributed by atoms with Crippen LogP contribution in [0.15, 0.2) is 43.0 Å². The maximum atomic E-state index is 5.44. The highest BCUT2D eigenvalue weighted by molar-refractivity contribution is 5.84. The summed E-state index contributed by atoms with van der Waals surface area (Å²) in [6, 6.07) is 10.6. The molecule has 0 saturated carbocycles. The molecule has 23 heavy (non-hydrogen) atoms. The molecule has 1 saturated heterocycles. The zero-order chi connectivity index (χ0) is 15.5. The van der Waals surface area contributed by atoms with Crippen LogP contribution in [-0.2, 0) is 4.74 Å². The van der Waals surface area contributed by atoms with Crippen molar-refractivity contribution in [3.63, 3.8) is 0 Å². The Labute approximate surface area is 134 Å². The highest BCUT2D eigenvalue weighted by Gasteiger charge is 2.19. The maximum Gasteiger partial charge on any atom is 0.164 e. The lowest BCUT2D eigenvalue weighted by atomic mass is 10.1. The first-order valence-corrected chi connectivity index (χ1v) is 7.90. The van der Waals surface area contributed by atoms with Crippen LogP contribution in [0.25, 0.3) is 23.3 Å². The number of fused-ring (bicyclic) bond motifs is 1. The van der Waals surface area contributed by atoms with E-state index in [1.54, 1.807) is 6.33 Å². The number of ether oxygens (including phenoxy) is 1. The van der Waals surface area contributed by atoms with E-state index in [9.17, 15) is 0 Å². The molecule has 3 heterocycles. The fraction of sp³-hybridized carbons (Fsp3) is 0.278. The Morgan fingerprint density at radius 2 is 1.83 bits per heavy atom. The van der Waals surface area contributed by atoms with E-state index in [0.29, 0.717) is 6.04 Å². The molecule has 2 aromatic heterocycles. The number of rotatable bonds is 3. The minimum absolute atomic E-state index is 0.412. The van der Waals surface area contributed by atoms with Gasteiger partial charge in [0.15, 0.2) is 5.65 Å². The van der Waals surface area contributed by atoms with Crippen LogP contribution >= 0.6 is 0 Å². The number of benzene rings is 1. The van der Waals surface area contributed by atoms with Gasteiger partial charge in [0.05, 0.1) is 12.0 Å². The van der Waals surface area contributed by atoms with Gasteiger partial charge in [-0.1, -0.05) is 36.4 Å². The second-order valence-corrected chi connectivity index (χ2v) is 5.67. The number of hydrogen-bond acceptors (Lipinski definition) is 4. The van der Waals surface area contributed by atoms with Crippen LogP contribution in [0.3, 0.4) is 0 Å². The SMILES string of the molecule is C(=C\c1ncnc2c1ncn2C1CCOCC1)/c1ccccc1. The second-order valence-electron chi connectivity index (χ2n) is 5.67. The molecule has 0 amide bonds. The molecule has 1 fully saturated rings. The van der Waals surface area contributed by atoms with Gasteiger partial charge < -0.3 is 9.30 Å². The van der Waals surface area contributed by atoms with Crippen molar-refractivity contribution in [2.24, 2.45) is 0 Å². The van der Waals surface area contributed by atoms with E-state index < -0.39 is 0 Å². The zero-order valence-corrected chi connectivity index (χ0v) is 12.8. The summed E-state index contributed by atoms with van der Waals surface area (Å²) in [4.78, 5) is 13.4. The molecule has 0 aliphatic carbocycles. The molecule has 3 aromatic rings. The normalized spacial score (nSPS) is 16.3. The van der Waals surface area contributed by atoms with Crippen molar-refractivity contribution < 1.29 is 4.74 Å². The fourth-order valence-corrected chi connectivity index (χ4v) is 2.96. The number of hydrogen-bond donors (Lipinski definition) is 0. The van der Waals surface area contributed by atoms with Gasteiger partial charge in [0.1, 0.15) is 11.8 Å². The molecule has 116 valence electrons. The van der Waals surface area contributed by atoms with Crippen molar-refractivity contribution in [3.05, 3.63) is 54.2 Å². The largest absolute Gasteiger partial charge is 0.381 e. The maximum absolute atomic E-state index is 5.44. The molecule has 1 aliphatic heterocycles. The van der Waals surface area contributed by atoms with Gasteiger partial charge in [0.2, 0.25) is 0 Å². The molecule has 0 radical (unpaired) electrons. The van der Waals surface area contributed by atoms with Gasteiger partial charge in [-0.15, -0.1) is 0 Å². The molecular weight excluding hydrogens is 288 g/mol. The van der Waals surface area contributed by atoms with E-state index in [0.717, 1.165) is 48.5 Å². The summed E-state index contributed by atoms with van der Waals surface area (Å²) >= 11 is 0. The summed E-state index contributed by atoms with van der Waals surface area (Å²) in [5.41, 5.74) is 3.75. The minimum Gasteiger partial charge on any atom is -0.381 e. The highest BCUT2D eigenvalue weighted by Crippen LogP contribution is 2.25. The lowest BCUT2D eigenvalue weighted by Gasteiger charge is -2.23. The van der Waals surface area contributed by atoms with Crippen molar-refractivity contribution in [3.8, 4) is 0 Å². The Bertz CT molecular complexity index is 819. The van der Waals surface area contributed by atoms with Gasteiger partial charge in [0, 0.05) is 19.3 Å². The predicted octanol–water partition coefficient (Wildman–Crippen LogP) is 3.35. The Hall–Kier alpha value is -2.53. The second kappa shape index (κ2) is 6.30. The Balaban J connectivity index is 1.68. The van der Waals surface area contributed by atoms with Gasteiger partial charge in [-0.2, -0.15) is 0 Å². The summed E-state index contributed by atoms with van der Waals surface area (Å²) in [6.45, 7) is 1.60. The predicted molar refractivity (Wildman–Crippen MR) is 89.8 cm³/mol. The first-order chi connectivity index (χ1) is 11.4. The molecular formula is C18H18N4O. The summed E-state index contributed by atoms with van der Waals surface area (Å²) in [5, 5.41) is 0. The summed E-state index contributed by atoms with van der Waals surface area (Å²) in [6.07, 6.45) is 9.56. The molecule has 5 heteroatoms. The zero-order valence-electron chi connectivity index (χ0n) is 12.8. The fourth-order valence-electron chi connectivity index (χ4n) is 2.96. The molecule has 1 aromatic carbocycles. The van der Waals surface area contributed by atoms with Gasteiger partial charge in [-0.05, 0) is 24.5 Å². The van der Waals surface area contributed by atoms with E-state index in [1.165, 1.54) is 0 Å². The van der Waals surface area contributed by atoms with Gasteiger partial charge in [-0.25, -0.2) is 15.0 Å². The molecule has 0 bridgehead atoms. The van der Waals surface area contributed by atoms with Crippen molar-refractivity contribution in [2.45, 2.75) is 18.9 Å². The van der Waals surface area contributed by atoms with Gasteiger partial charge in [-0.3, -0.25) is 0 Å². The standard InChI is InChI=1S/C18H18N4O/c1-2-4-14(5-3-1)6-7-16-17-18(20-12-19-16)22(13-21-17)15-8-10-23-11-9-15/h1-7,12-13,15H,8-11H2/b7-6+. The third-order valence-corrected chi connectivity index (χ3v) is 4.20. The van der Waals surface area contributed by atoms with E-state index >= 15 is 0 Å². The average molecular weight is 306 g/mol. The quantitative estimate of drug-likeness (QED) is 0.744. The van der Waals surface area contributed by atoms with Crippen LogP contribution in [0.2, 0.25) is 0 Å². The van der Waals surface area contributed by atoms with E-state index in [-0.39, 0.29) is 0 Å². The number of nitrogens with zero attached hydrogens (tertiary/aromatic N) is 4. The van der Waals surface area contributed by atoms with Crippen LogP contribution in [-0.4, -0.2) is 32.7 Å². The Morgan fingerprint density at radius 1 is 1.00 bits per heavy atom. The molecule has 4 rings (SSSR count). The highest BCUT2D eigenvalue weighted by atomic mass is 16.5.